The molecule has 4 heteroatoms. The first-order valence-corrected chi connectivity index (χ1v) is 6.74. The summed E-state index contributed by atoms with van der Waals surface area (Å²) in [6, 6.07) is 0. The smallest absolute Gasteiger partial charge is 0.0662 e. The van der Waals surface area contributed by atoms with Gasteiger partial charge in [-0.1, -0.05) is 0 Å². The van der Waals surface area contributed by atoms with Crippen molar-refractivity contribution in [2.45, 2.75) is 37.8 Å². The summed E-state index contributed by atoms with van der Waals surface area (Å²) in [5.41, 5.74) is 6.39. The molecule has 1 atom stereocenters. The minimum atomic E-state index is 0.0940. The molecule has 0 radical (unpaired) electrons. The van der Waals surface area contributed by atoms with Gasteiger partial charge in [-0.15, -0.1) is 0 Å². The Morgan fingerprint density at radius 1 is 1.29 bits per heavy atom. The molecule has 4 nitrogen and oxygen atoms in total. The molecule has 17 heavy (non-hydrogen) atoms. The molecule has 2 N–H and O–H groups in total. The van der Waals surface area contributed by atoms with Gasteiger partial charge in [0.2, 0.25) is 0 Å². The van der Waals surface area contributed by atoms with Gasteiger partial charge in [0.1, 0.15) is 0 Å². The van der Waals surface area contributed by atoms with Crippen molar-refractivity contribution >= 4 is 0 Å². The number of nitrogens with zero attached hydrogens (tertiary/aromatic N) is 2. The van der Waals surface area contributed by atoms with Crippen molar-refractivity contribution in [2.24, 2.45) is 5.73 Å². The third-order valence-electron chi connectivity index (χ3n) is 4.67. The summed E-state index contributed by atoms with van der Waals surface area (Å²) in [5, 5.41) is 0. The van der Waals surface area contributed by atoms with Crippen molar-refractivity contribution in [1.29, 1.82) is 0 Å². The van der Waals surface area contributed by atoms with E-state index in [0.717, 1.165) is 39.3 Å². The highest BCUT2D eigenvalue weighted by atomic mass is 16.5. The van der Waals surface area contributed by atoms with E-state index >= 15 is 0 Å². The number of hydrogen-bond acceptors (Lipinski definition) is 4. The topological polar surface area (TPSA) is 41.7 Å². The van der Waals surface area contributed by atoms with Crippen LogP contribution in [-0.2, 0) is 4.74 Å². The monoisotopic (exact) mass is 241 g/mol. The Kier molecular flexibility index (Phi) is 3.78. The highest BCUT2D eigenvalue weighted by Gasteiger charge is 2.43. The molecule has 2 fully saturated rings. The molecule has 1 unspecified atom stereocenters. The zero-order valence-corrected chi connectivity index (χ0v) is 11.5. The van der Waals surface area contributed by atoms with Crippen molar-refractivity contribution in [2.75, 3.05) is 46.4 Å². The third kappa shape index (κ3) is 2.50. The molecule has 0 spiro atoms. The maximum absolute atomic E-state index is 6.06. The lowest BCUT2D eigenvalue weighted by Gasteiger charge is -2.53. The molecule has 0 aromatic heterocycles. The molecule has 0 amide bonds. The maximum atomic E-state index is 6.06. The molecule has 0 aliphatic carbocycles. The molecular formula is C13H27N3O. The molecule has 2 saturated heterocycles. The predicted octanol–water partition coefficient (Wildman–Crippen LogP) is 0.520. The van der Waals surface area contributed by atoms with Crippen LogP contribution in [0.5, 0.6) is 0 Å². The highest BCUT2D eigenvalue weighted by molar-refractivity contribution is 5.00. The molecule has 100 valence electrons. The van der Waals surface area contributed by atoms with Crippen molar-refractivity contribution in [1.82, 2.24) is 9.80 Å². The summed E-state index contributed by atoms with van der Waals surface area (Å²) in [6.45, 7) is 10.4. The first-order valence-electron chi connectivity index (χ1n) is 6.74. The molecule has 0 saturated carbocycles. The minimum absolute atomic E-state index is 0.0940. The zero-order valence-electron chi connectivity index (χ0n) is 11.5. The Hall–Kier alpha value is -0.160. The average Bonchev–Trinajstić information content (AvgIpc) is 2.33. The Bertz CT molecular complexity index is 261. The number of rotatable bonds is 2. The highest BCUT2D eigenvalue weighted by Crippen LogP contribution is 2.30. The summed E-state index contributed by atoms with van der Waals surface area (Å²) >= 11 is 0. The number of nitrogens with two attached hydrogens (primary N) is 1. The summed E-state index contributed by atoms with van der Waals surface area (Å²) in [4.78, 5) is 5.02. The minimum Gasteiger partial charge on any atom is -0.379 e. The molecule has 0 aromatic carbocycles. The normalized spacial score (nSPS) is 36.0. The lowest BCUT2D eigenvalue weighted by atomic mass is 9.87. The summed E-state index contributed by atoms with van der Waals surface area (Å²) < 4.78 is 5.69. The van der Waals surface area contributed by atoms with Gasteiger partial charge in [0, 0.05) is 38.3 Å². The van der Waals surface area contributed by atoms with Crippen LogP contribution in [0.1, 0.15) is 26.7 Å². The van der Waals surface area contributed by atoms with E-state index in [9.17, 15) is 0 Å². The molecule has 2 aliphatic heterocycles. The predicted molar refractivity (Wildman–Crippen MR) is 70.1 cm³/mol. The fourth-order valence-corrected chi connectivity index (χ4v) is 3.02. The van der Waals surface area contributed by atoms with Crippen LogP contribution in [0.4, 0.5) is 0 Å². The number of hydrogen-bond donors (Lipinski definition) is 1. The molecular weight excluding hydrogens is 214 g/mol. The van der Waals surface area contributed by atoms with Crippen LogP contribution in [0, 0.1) is 0 Å². The first-order chi connectivity index (χ1) is 8.00. The van der Waals surface area contributed by atoms with Crippen LogP contribution in [-0.4, -0.2) is 67.3 Å². The van der Waals surface area contributed by atoms with Gasteiger partial charge in [0.05, 0.1) is 12.1 Å². The van der Waals surface area contributed by atoms with Gasteiger partial charge in [0.25, 0.3) is 0 Å². The molecule has 2 rings (SSSR count). The second-order valence-corrected chi connectivity index (χ2v) is 6.24. The van der Waals surface area contributed by atoms with Gasteiger partial charge >= 0.3 is 0 Å². The van der Waals surface area contributed by atoms with Crippen LogP contribution >= 0.6 is 0 Å². The van der Waals surface area contributed by atoms with Gasteiger partial charge in [0.15, 0.2) is 0 Å². The van der Waals surface area contributed by atoms with Gasteiger partial charge in [-0.25, -0.2) is 0 Å². The SMILES string of the molecule is CN1CCN(C2(CN)CCCOC2)CC1(C)C. The van der Waals surface area contributed by atoms with Crippen LogP contribution in [0.3, 0.4) is 0 Å². The summed E-state index contributed by atoms with van der Waals surface area (Å²) in [5.74, 6) is 0. The number of likely N-dealkylation sites (N-methyl/N-ethyl adjacent to an activating group) is 1. The third-order valence-corrected chi connectivity index (χ3v) is 4.67. The Morgan fingerprint density at radius 3 is 2.59 bits per heavy atom. The largest absolute Gasteiger partial charge is 0.379 e. The Labute approximate surface area is 105 Å². The lowest BCUT2D eigenvalue weighted by molar-refractivity contribution is -0.0845. The number of ether oxygens (including phenoxy) is 1. The van der Waals surface area contributed by atoms with Crippen LogP contribution in [0.2, 0.25) is 0 Å². The summed E-state index contributed by atoms with van der Waals surface area (Å²) in [6.07, 6.45) is 2.33. The van der Waals surface area contributed by atoms with Crippen molar-refractivity contribution < 1.29 is 4.74 Å². The van der Waals surface area contributed by atoms with Gasteiger partial charge < -0.3 is 10.5 Å². The van der Waals surface area contributed by atoms with E-state index in [1.54, 1.807) is 0 Å². The Morgan fingerprint density at radius 2 is 2.06 bits per heavy atom. The average molecular weight is 241 g/mol. The van der Waals surface area contributed by atoms with E-state index in [1.807, 2.05) is 0 Å². The molecule has 0 bridgehead atoms. The van der Waals surface area contributed by atoms with Crippen LogP contribution in [0.25, 0.3) is 0 Å². The van der Waals surface area contributed by atoms with Crippen LogP contribution in [0.15, 0.2) is 0 Å². The van der Waals surface area contributed by atoms with Crippen molar-refractivity contribution in [3.8, 4) is 0 Å². The van der Waals surface area contributed by atoms with Gasteiger partial charge in [-0.2, -0.15) is 0 Å². The Balaban J connectivity index is 2.10. The quantitative estimate of drug-likeness (QED) is 0.765. The molecule has 2 aliphatic rings. The zero-order chi connectivity index (χ0) is 12.5. The lowest BCUT2D eigenvalue weighted by Crippen LogP contribution is -2.67. The number of piperazine rings is 1. The fourth-order valence-electron chi connectivity index (χ4n) is 3.02. The van der Waals surface area contributed by atoms with Crippen molar-refractivity contribution in [3.63, 3.8) is 0 Å². The maximum Gasteiger partial charge on any atom is 0.0662 e. The van der Waals surface area contributed by atoms with E-state index in [4.69, 9.17) is 10.5 Å². The fraction of sp³-hybridized carbons (Fsp3) is 1.00. The van der Waals surface area contributed by atoms with E-state index in [1.165, 1.54) is 6.42 Å². The van der Waals surface area contributed by atoms with E-state index in [0.29, 0.717) is 6.54 Å². The van der Waals surface area contributed by atoms with Crippen LogP contribution < -0.4 is 5.73 Å². The summed E-state index contributed by atoms with van der Waals surface area (Å²) in [7, 11) is 2.21. The molecule has 2 heterocycles. The first kappa shape index (κ1) is 13.3. The van der Waals surface area contributed by atoms with Gasteiger partial charge in [-0.3, -0.25) is 9.80 Å². The van der Waals surface area contributed by atoms with E-state index in [2.05, 4.69) is 30.7 Å². The van der Waals surface area contributed by atoms with E-state index < -0.39 is 0 Å². The van der Waals surface area contributed by atoms with Gasteiger partial charge in [-0.05, 0) is 33.7 Å². The van der Waals surface area contributed by atoms with E-state index in [-0.39, 0.29) is 11.1 Å². The standard InChI is InChI=1S/C13H27N3O/c1-12(2)10-16(7-6-15(12)3)13(9-14)5-4-8-17-11-13/h4-11,14H2,1-3H3. The van der Waals surface area contributed by atoms with Crippen molar-refractivity contribution in [3.05, 3.63) is 0 Å². The second-order valence-electron chi connectivity index (χ2n) is 6.24. The second kappa shape index (κ2) is 4.84. The molecule has 0 aromatic rings.